The Hall–Kier alpha value is -1.37. The fourth-order valence-electron chi connectivity index (χ4n) is 3.19. The molecule has 2 atom stereocenters. The highest BCUT2D eigenvalue weighted by molar-refractivity contribution is 5.21. The third-order valence-electron chi connectivity index (χ3n) is 4.48. The van der Waals surface area contributed by atoms with E-state index in [0.717, 1.165) is 25.6 Å². The van der Waals surface area contributed by atoms with Gasteiger partial charge >= 0.3 is 0 Å². The third kappa shape index (κ3) is 3.59. The smallest absolute Gasteiger partial charge is 0.0866 e. The fourth-order valence-corrected chi connectivity index (χ4v) is 3.19. The molecule has 1 N–H and O–H groups in total. The summed E-state index contributed by atoms with van der Waals surface area (Å²) in [5.41, 5.74) is 1.41. The zero-order chi connectivity index (χ0) is 13.8. The van der Waals surface area contributed by atoms with Crippen molar-refractivity contribution in [2.45, 2.75) is 31.2 Å². The van der Waals surface area contributed by atoms with Gasteiger partial charge in [0.15, 0.2) is 0 Å². The van der Waals surface area contributed by atoms with Gasteiger partial charge in [0.1, 0.15) is 0 Å². The summed E-state index contributed by atoms with van der Waals surface area (Å²) in [6, 6.07) is 13.6. The largest absolute Gasteiger partial charge is 0.312 e. The van der Waals surface area contributed by atoms with Crippen LogP contribution in [0, 0.1) is 17.2 Å². The Morgan fingerprint density at radius 2 is 2.00 bits per heavy atom. The maximum atomic E-state index is 8.98. The molecule has 0 radical (unpaired) electrons. The first-order valence-electron chi connectivity index (χ1n) is 7.73. The van der Waals surface area contributed by atoms with Gasteiger partial charge in [0.05, 0.1) is 12.6 Å². The van der Waals surface area contributed by atoms with Gasteiger partial charge < -0.3 is 5.32 Å². The van der Waals surface area contributed by atoms with Gasteiger partial charge in [-0.3, -0.25) is 4.90 Å². The van der Waals surface area contributed by atoms with Crippen LogP contribution in [0.3, 0.4) is 0 Å². The average molecular weight is 269 g/mol. The Morgan fingerprint density at radius 1 is 1.20 bits per heavy atom. The molecule has 2 fully saturated rings. The second kappa shape index (κ2) is 6.39. The molecule has 1 aliphatic heterocycles. The number of rotatable bonds is 5. The van der Waals surface area contributed by atoms with Crippen molar-refractivity contribution in [2.24, 2.45) is 5.92 Å². The Bertz CT molecular complexity index is 461. The molecular weight excluding hydrogens is 246 g/mol. The van der Waals surface area contributed by atoms with Crippen molar-refractivity contribution in [3.8, 4) is 6.07 Å². The summed E-state index contributed by atoms with van der Waals surface area (Å²) in [5.74, 6) is 1.46. The molecule has 1 aliphatic carbocycles. The van der Waals surface area contributed by atoms with Gasteiger partial charge in [0.25, 0.3) is 0 Å². The number of piperidine rings is 1. The molecule has 0 amide bonds. The molecular formula is C17H23N3. The van der Waals surface area contributed by atoms with E-state index in [0.29, 0.717) is 18.5 Å². The molecule has 3 rings (SSSR count). The van der Waals surface area contributed by atoms with E-state index < -0.39 is 0 Å². The number of nitriles is 1. The van der Waals surface area contributed by atoms with Gasteiger partial charge in [-0.1, -0.05) is 30.3 Å². The van der Waals surface area contributed by atoms with Crippen LogP contribution >= 0.6 is 0 Å². The van der Waals surface area contributed by atoms with Crippen molar-refractivity contribution in [1.82, 2.24) is 10.2 Å². The number of nitrogens with zero attached hydrogens (tertiary/aromatic N) is 2. The highest BCUT2D eigenvalue weighted by Gasteiger charge is 2.29. The maximum Gasteiger partial charge on any atom is 0.0866 e. The standard InChI is InChI=1S/C17H23N3/c18-8-9-20-12-16(15-4-2-1-3-5-15)10-17(13-20)19-11-14-6-7-14/h1-5,14,16-17,19H,6-7,9-13H2. The van der Waals surface area contributed by atoms with Gasteiger partial charge in [0.2, 0.25) is 0 Å². The fraction of sp³-hybridized carbons (Fsp3) is 0.588. The van der Waals surface area contributed by atoms with E-state index in [-0.39, 0.29) is 0 Å². The molecule has 20 heavy (non-hydrogen) atoms. The van der Waals surface area contributed by atoms with Crippen molar-refractivity contribution in [3.63, 3.8) is 0 Å². The molecule has 0 bridgehead atoms. The second-order valence-electron chi connectivity index (χ2n) is 6.24. The molecule has 1 heterocycles. The van der Waals surface area contributed by atoms with Crippen LogP contribution in [0.2, 0.25) is 0 Å². The summed E-state index contributed by atoms with van der Waals surface area (Å²) in [6.07, 6.45) is 3.98. The normalized spacial score (nSPS) is 27.1. The van der Waals surface area contributed by atoms with Crippen LogP contribution in [0.15, 0.2) is 30.3 Å². The van der Waals surface area contributed by atoms with Crippen molar-refractivity contribution in [1.29, 1.82) is 5.26 Å². The van der Waals surface area contributed by atoms with Crippen LogP contribution in [0.5, 0.6) is 0 Å². The van der Waals surface area contributed by atoms with Crippen LogP contribution in [0.25, 0.3) is 0 Å². The topological polar surface area (TPSA) is 39.1 Å². The van der Waals surface area contributed by atoms with E-state index in [1.165, 1.54) is 24.8 Å². The highest BCUT2D eigenvalue weighted by atomic mass is 15.2. The first-order chi connectivity index (χ1) is 9.85. The number of hydrogen-bond acceptors (Lipinski definition) is 3. The van der Waals surface area contributed by atoms with Gasteiger partial charge in [-0.25, -0.2) is 0 Å². The Kier molecular flexibility index (Phi) is 4.34. The Balaban J connectivity index is 1.64. The van der Waals surface area contributed by atoms with Crippen molar-refractivity contribution in [3.05, 3.63) is 35.9 Å². The predicted octanol–water partition coefficient (Wildman–Crippen LogP) is 2.37. The molecule has 2 aliphatic rings. The number of benzene rings is 1. The summed E-state index contributed by atoms with van der Waals surface area (Å²) in [7, 11) is 0. The van der Waals surface area contributed by atoms with Crippen molar-refractivity contribution < 1.29 is 0 Å². The summed E-state index contributed by atoms with van der Waals surface area (Å²) in [4.78, 5) is 2.30. The highest BCUT2D eigenvalue weighted by Crippen LogP contribution is 2.30. The molecule has 3 nitrogen and oxygen atoms in total. The lowest BCUT2D eigenvalue weighted by Crippen LogP contribution is -2.49. The lowest BCUT2D eigenvalue weighted by molar-refractivity contribution is 0.188. The molecule has 1 aromatic rings. The summed E-state index contributed by atoms with van der Waals surface area (Å²) in [5, 5.41) is 12.7. The Morgan fingerprint density at radius 3 is 2.70 bits per heavy atom. The molecule has 1 saturated carbocycles. The zero-order valence-electron chi connectivity index (χ0n) is 12.0. The van der Waals surface area contributed by atoms with Crippen molar-refractivity contribution in [2.75, 3.05) is 26.2 Å². The SMILES string of the molecule is N#CCN1CC(NCC2CC2)CC(c2ccccc2)C1. The van der Waals surface area contributed by atoms with E-state index in [4.69, 9.17) is 5.26 Å². The molecule has 2 unspecified atom stereocenters. The van der Waals surface area contributed by atoms with Crippen LogP contribution in [0.1, 0.15) is 30.7 Å². The molecule has 3 heteroatoms. The van der Waals surface area contributed by atoms with E-state index in [9.17, 15) is 0 Å². The predicted molar refractivity (Wildman–Crippen MR) is 80.4 cm³/mol. The molecule has 1 aromatic carbocycles. The third-order valence-corrected chi connectivity index (χ3v) is 4.48. The van der Waals surface area contributed by atoms with E-state index in [1.54, 1.807) is 0 Å². The number of likely N-dealkylation sites (tertiary alicyclic amines) is 1. The number of hydrogen-bond donors (Lipinski definition) is 1. The molecule has 106 valence electrons. The number of nitrogens with one attached hydrogen (secondary N) is 1. The van der Waals surface area contributed by atoms with E-state index in [2.05, 4.69) is 46.6 Å². The van der Waals surface area contributed by atoms with Crippen LogP contribution < -0.4 is 5.32 Å². The minimum Gasteiger partial charge on any atom is -0.312 e. The second-order valence-corrected chi connectivity index (χ2v) is 6.24. The Labute approximate surface area is 121 Å². The zero-order valence-corrected chi connectivity index (χ0v) is 12.0. The van der Waals surface area contributed by atoms with E-state index in [1.807, 2.05) is 0 Å². The van der Waals surface area contributed by atoms with Crippen LogP contribution in [-0.4, -0.2) is 37.1 Å². The maximum absolute atomic E-state index is 8.98. The molecule has 1 saturated heterocycles. The van der Waals surface area contributed by atoms with Gasteiger partial charge in [0, 0.05) is 19.1 Å². The minimum absolute atomic E-state index is 0.530. The lowest BCUT2D eigenvalue weighted by atomic mass is 9.88. The quantitative estimate of drug-likeness (QED) is 0.834. The summed E-state index contributed by atoms with van der Waals surface area (Å²) in [6.45, 7) is 3.74. The van der Waals surface area contributed by atoms with Crippen LogP contribution in [0.4, 0.5) is 0 Å². The monoisotopic (exact) mass is 269 g/mol. The van der Waals surface area contributed by atoms with Crippen molar-refractivity contribution >= 4 is 0 Å². The van der Waals surface area contributed by atoms with Crippen LogP contribution in [-0.2, 0) is 0 Å². The summed E-state index contributed by atoms with van der Waals surface area (Å²) >= 11 is 0. The molecule has 0 aromatic heterocycles. The van der Waals surface area contributed by atoms with Gasteiger partial charge in [-0.2, -0.15) is 5.26 Å². The first-order valence-corrected chi connectivity index (χ1v) is 7.73. The van der Waals surface area contributed by atoms with Gasteiger partial charge in [-0.15, -0.1) is 0 Å². The minimum atomic E-state index is 0.530. The lowest BCUT2D eigenvalue weighted by Gasteiger charge is -2.37. The molecule has 0 spiro atoms. The first kappa shape index (κ1) is 13.6. The van der Waals surface area contributed by atoms with E-state index >= 15 is 0 Å². The average Bonchev–Trinajstić information content (AvgIpc) is 3.30. The van der Waals surface area contributed by atoms with Gasteiger partial charge in [-0.05, 0) is 43.2 Å². The summed E-state index contributed by atoms with van der Waals surface area (Å²) < 4.78 is 0.